The van der Waals surface area contributed by atoms with Gasteiger partial charge in [-0.1, -0.05) is 6.07 Å². The summed E-state index contributed by atoms with van der Waals surface area (Å²) in [6, 6.07) is 14.5. The van der Waals surface area contributed by atoms with Crippen LogP contribution in [0, 0.1) is 5.82 Å². The largest absolute Gasteiger partial charge is 0.507 e. The molecule has 7 nitrogen and oxygen atoms in total. The van der Waals surface area contributed by atoms with Crippen LogP contribution in [0.2, 0.25) is 0 Å². The molecule has 2 aliphatic heterocycles. The molecule has 166 valence electrons. The number of nitrogens with zero attached hydrogens (tertiary/aromatic N) is 3. The van der Waals surface area contributed by atoms with Crippen molar-refractivity contribution in [3.8, 4) is 5.75 Å². The fraction of sp³-hybridized carbons (Fsp3) is 0.160. The first kappa shape index (κ1) is 20.7. The highest BCUT2D eigenvalue weighted by Gasteiger charge is 2.47. The number of ketones is 1. The summed E-state index contributed by atoms with van der Waals surface area (Å²) in [7, 11) is 1.91. The summed E-state index contributed by atoms with van der Waals surface area (Å²) in [5.74, 6) is -1.76. The highest BCUT2D eigenvalue weighted by molar-refractivity contribution is 6.51. The van der Waals surface area contributed by atoms with Crippen molar-refractivity contribution in [2.45, 2.75) is 6.04 Å². The van der Waals surface area contributed by atoms with Crippen molar-refractivity contribution in [3.63, 3.8) is 0 Å². The van der Waals surface area contributed by atoms with Crippen LogP contribution < -0.4 is 14.5 Å². The van der Waals surface area contributed by atoms with E-state index in [1.165, 1.54) is 29.2 Å². The summed E-state index contributed by atoms with van der Waals surface area (Å²) in [6.07, 6.45) is 1.55. The Morgan fingerprint density at radius 2 is 1.91 bits per heavy atom. The Morgan fingerprint density at radius 1 is 1.12 bits per heavy atom. The van der Waals surface area contributed by atoms with Crippen molar-refractivity contribution in [2.75, 3.05) is 30.0 Å². The van der Waals surface area contributed by atoms with Gasteiger partial charge in [0.05, 0.1) is 23.5 Å². The van der Waals surface area contributed by atoms with Gasteiger partial charge in [-0.2, -0.15) is 0 Å². The summed E-state index contributed by atoms with van der Waals surface area (Å²) in [6.45, 7) is 1.23. The van der Waals surface area contributed by atoms with E-state index in [0.717, 1.165) is 5.69 Å². The molecular weight excluding hydrogens is 425 g/mol. The van der Waals surface area contributed by atoms with Crippen LogP contribution in [0.1, 0.15) is 17.3 Å². The number of hydrogen-bond donors (Lipinski definition) is 1. The maximum Gasteiger partial charge on any atom is 0.300 e. The zero-order valence-corrected chi connectivity index (χ0v) is 17.7. The van der Waals surface area contributed by atoms with Gasteiger partial charge in [-0.15, -0.1) is 0 Å². The lowest BCUT2D eigenvalue weighted by molar-refractivity contribution is -0.132. The van der Waals surface area contributed by atoms with Gasteiger partial charge in [-0.05, 0) is 54.6 Å². The molecule has 1 aromatic heterocycles. The molecule has 0 bridgehead atoms. The van der Waals surface area contributed by atoms with Crippen LogP contribution in [0.3, 0.4) is 0 Å². The smallest absolute Gasteiger partial charge is 0.300 e. The van der Waals surface area contributed by atoms with E-state index in [1.807, 2.05) is 11.9 Å². The predicted octanol–water partition coefficient (Wildman–Crippen LogP) is 3.68. The Hall–Kier alpha value is -4.20. The normalized spacial score (nSPS) is 19.4. The van der Waals surface area contributed by atoms with Gasteiger partial charge in [-0.25, -0.2) is 4.39 Å². The lowest BCUT2D eigenvalue weighted by Crippen LogP contribution is -2.29. The van der Waals surface area contributed by atoms with E-state index in [0.29, 0.717) is 35.8 Å². The predicted molar refractivity (Wildman–Crippen MR) is 121 cm³/mol. The number of aliphatic hydroxyl groups is 1. The van der Waals surface area contributed by atoms with Crippen LogP contribution >= 0.6 is 0 Å². The fourth-order valence-corrected chi connectivity index (χ4v) is 4.17. The Bertz CT molecular complexity index is 1270. The average Bonchev–Trinajstić information content (AvgIpc) is 3.10. The van der Waals surface area contributed by atoms with E-state index in [1.54, 1.807) is 42.6 Å². The number of ether oxygens (including phenoxy) is 1. The fourth-order valence-electron chi connectivity index (χ4n) is 4.17. The Kier molecular flexibility index (Phi) is 5.05. The third kappa shape index (κ3) is 3.49. The number of likely N-dealkylation sites (N-methyl/N-ethyl adjacent to an activating group) is 1. The van der Waals surface area contributed by atoms with Gasteiger partial charge in [-0.3, -0.25) is 19.5 Å². The molecule has 3 heterocycles. The highest BCUT2D eigenvalue weighted by Crippen LogP contribution is 2.42. The number of hydrogen-bond acceptors (Lipinski definition) is 6. The maximum atomic E-state index is 13.5. The second-order valence-electron chi connectivity index (χ2n) is 7.85. The molecule has 2 aromatic carbocycles. The molecule has 0 aliphatic carbocycles. The SMILES string of the molecule is CN1CCOc2ccc(/C(O)=C3/C(=O)C(=O)N(c4ccc(F)cc4)C3c3ccccn3)cc21. The number of halogens is 1. The van der Waals surface area contributed by atoms with Crippen LogP contribution in [-0.2, 0) is 9.59 Å². The number of anilines is 2. The minimum Gasteiger partial charge on any atom is -0.507 e. The van der Waals surface area contributed by atoms with Crippen molar-refractivity contribution in [3.05, 3.63) is 89.5 Å². The summed E-state index contributed by atoms with van der Waals surface area (Å²) in [4.78, 5) is 33.8. The first-order valence-corrected chi connectivity index (χ1v) is 10.4. The molecule has 3 aromatic rings. The van der Waals surface area contributed by atoms with E-state index in [2.05, 4.69) is 4.98 Å². The zero-order valence-electron chi connectivity index (χ0n) is 17.7. The molecule has 1 atom stereocenters. The molecule has 8 heteroatoms. The van der Waals surface area contributed by atoms with Crippen LogP contribution in [0.25, 0.3) is 5.76 Å². The lowest BCUT2D eigenvalue weighted by atomic mass is 9.97. The molecule has 0 spiro atoms. The molecule has 1 fully saturated rings. The number of aromatic nitrogens is 1. The van der Waals surface area contributed by atoms with Crippen molar-refractivity contribution < 1.29 is 23.8 Å². The molecule has 33 heavy (non-hydrogen) atoms. The van der Waals surface area contributed by atoms with Gasteiger partial charge in [0.2, 0.25) is 0 Å². The maximum absolute atomic E-state index is 13.5. The number of Topliss-reactive ketones (excluding diaryl/α,β-unsaturated/α-hetero) is 1. The van der Waals surface area contributed by atoms with Gasteiger partial charge in [0.25, 0.3) is 11.7 Å². The monoisotopic (exact) mass is 445 g/mol. The number of fused-ring (bicyclic) bond motifs is 1. The highest BCUT2D eigenvalue weighted by atomic mass is 19.1. The first-order chi connectivity index (χ1) is 16.0. The molecule has 2 aliphatic rings. The van der Waals surface area contributed by atoms with Crippen LogP contribution in [-0.4, -0.2) is 42.0 Å². The third-order valence-corrected chi connectivity index (χ3v) is 5.85. The molecule has 0 saturated carbocycles. The molecule has 1 unspecified atom stereocenters. The van der Waals surface area contributed by atoms with E-state index in [4.69, 9.17) is 4.74 Å². The van der Waals surface area contributed by atoms with Crippen molar-refractivity contribution in [2.24, 2.45) is 0 Å². The molecular formula is C25H20FN3O4. The van der Waals surface area contributed by atoms with Gasteiger partial charge in [0, 0.05) is 24.5 Å². The standard InChI is InChI=1S/C25H20FN3O4/c1-28-12-13-33-20-10-5-15(14-19(20)28)23(30)21-22(18-4-2-3-11-27-18)29(25(32)24(21)31)17-8-6-16(26)7-9-17/h2-11,14,22,30H,12-13H2,1H3/b23-21-. The molecule has 1 saturated heterocycles. The Balaban J connectivity index is 1.69. The van der Waals surface area contributed by atoms with E-state index >= 15 is 0 Å². The third-order valence-electron chi connectivity index (χ3n) is 5.85. The van der Waals surface area contributed by atoms with E-state index in [9.17, 15) is 19.1 Å². The van der Waals surface area contributed by atoms with Crippen LogP contribution in [0.5, 0.6) is 5.75 Å². The second kappa shape index (κ2) is 8.05. The van der Waals surface area contributed by atoms with Gasteiger partial charge < -0.3 is 14.7 Å². The first-order valence-electron chi connectivity index (χ1n) is 10.4. The van der Waals surface area contributed by atoms with Crippen molar-refractivity contribution in [1.29, 1.82) is 0 Å². The quantitative estimate of drug-likeness (QED) is 0.376. The number of pyridine rings is 1. The summed E-state index contributed by atoms with van der Waals surface area (Å²) >= 11 is 0. The number of carbonyl (C=O) groups is 2. The summed E-state index contributed by atoms with van der Waals surface area (Å²) < 4.78 is 19.2. The summed E-state index contributed by atoms with van der Waals surface area (Å²) in [5, 5.41) is 11.3. The molecule has 1 N–H and O–H groups in total. The van der Waals surface area contributed by atoms with Crippen LogP contribution in [0.15, 0.2) is 72.4 Å². The summed E-state index contributed by atoms with van der Waals surface area (Å²) in [5.41, 5.74) is 1.80. The van der Waals surface area contributed by atoms with E-state index in [-0.39, 0.29) is 11.3 Å². The zero-order chi connectivity index (χ0) is 23.1. The number of carbonyl (C=O) groups excluding carboxylic acids is 2. The number of amides is 1. The number of aliphatic hydroxyl groups excluding tert-OH is 1. The van der Waals surface area contributed by atoms with Gasteiger partial charge in [0.1, 0.15) is 30.0 Å². The minimum atomic E-state index is -0.971. The minimum absolute atomic E-state index is 0.0812. The lowest BCUT2D eigenvalue weighted by Gasteiger charge is -2.28. The topological polar surface area (TPSA) is 83.0 Å². The molecule has 0 radical (unpaired) electrons. The number of benzene rings is 2. The van der Waals surface area contributed by atoms with Crippen LogP contribution in [0.4, 0.5) is 15.8 Å². The Morgan fingerprint density at radius 3 is 2.64 bits per heavy atom. The Labute approximate surface area is 189 Å². The molecule has 5 rings (SSSR count). The van der Waals surface area contributed by atoms with Crippen molar-refractivity contribution >= 4 is 28.8 Å². The van der Waals surface area contributed by atoms with Crippen molar-refractivity contribution in [1.82, 2.24) is 4.98 Å². The van der Waals surface area contributed by atoms with Gasteiger partial charge >= 0.3 is 0 Å². The van der Waals surface area contributed by atoms with Gasteiger partial charge in [0.15, 0.2) is 0 Å². The number of rotatable bonds is 3. The average molecular weight is 445 g/mol. The second-order valence-corrected chi connectivity index (χ2v) is 7.85. The van der Waals surface area contributed by atoms with E-state index < -0.39 is 23.5 Å². The molecule has 1 amide bonds.